The predicted molar refractivity (Wildman–Crippen MR) is 92.8 cm³/mol. The van der Waals surface area contributed by atoms with E-state index in [1.807, 2.05) is 32.3 Å². The summed E-state index contributed by atoms with van der Waals surface area (Å²) in [7, 11) is 0. The molecule has 2 aromatic rings. The third-order valence-electron chi connectivity index (χ3n) is 4.69. The molecular formula is C18H23N4O2+. The van der Waals surface area contributed by atoms with Gasteiger partial charge in [0, 0.05) is 18.5 Å². The molecule has 0 aromatic carbocycles. The zero-order valence-electron chi connectivity index (χ0n) is 14.1. The van der Waals surface area contributed by atoms with Crippen molar-refractivity contribution in [1.29, 1.82) is 0 Å². The Labute approximate surface area is 142 Å². The topological polar surface area (TPSA) is 66.3 Å². The molecule has 3 rings (SSSR count). The molecule has 0 unspecified atom stereocenters. The Bertz CT molecular complexity index is 705. The number of quaternary nitrogens is 1. The van der Waals surface area contributed by atoms with Gasteiger partial charge in [0.2, 0.25) is 5.82 Å². The van der Waals surface area contributed by atoms with Crippen LogP contribution in [0.5, 0.6) is 0 Å². The maximum atomic E-state index is 11.2. The molecule has 1 N–H and O–H groups in total. The molecule has 6 nitrogen and oxygen atoms in total. The van der Waals surface area contributed by atoms with Gasteiger partial charge in [0.15, 0.2) is 0 Å². The fraction of sp³-hybridized carbons (Fsp3) is 0.389. The van der Waals surface area contributed by atoms with Crippen LogP contribution < -0.4 is 4.48 Å². The van der Waals surface area contributed by atoms with Crippen LogP contribution in [0.2, 0.25) is 0 Å². The largest absolute Gasteiger partial charge is 0.465 e. The van der Waals surface area contributed by atoms with Crippen LogP contribution in [0.3, 0.4) is 0 Å². The number of carbonyl (C=O) groups is 1. The van der Waals surface area contributed by atoms with Gasteiger partial charge >= 0.3 is 6.09 Å². The highest BCUT2D eigenvalue weighted by Crippen LogP contribution is 2.26. The summed E-state index contributed by atoms with van der Waals surface area (Å²) in [5.41, 5.74) is 3.26. The number of amides is 1. The van der Waals surface area contributed by atoms with Crippen LogP contribution in [-0.2, 0) is 6.54 Å². The molecule has 1 fully saturated rings. The van der Waals surface area contributed by atoms with E-state index in [9.17, 15) is 9.90 Å². The SMILES string of the molecule is Cc1ccc(C[N+]2(c3ccc(C)cn3)CCN(C(=O)O)CC2)nc1. The van der Waals surface area contributed by atoms with Crippen molar-refractivity contribution in [2.75, 3.05) is 26.2 Å². The molecule has 6 heteroatoms. The van der Waals surface area contributed by atoms with E-state index in [0.717, 1.165) is 29.2 Å². The summed E-state index contributed by atoms with van der Waals surface area (Å²) >= 11 is 0. The molecule has 0 saturated carbocycles. The first kappa shape index (κ1) is 16.4. The van der Waals surface area contributed by atoms with Gasteiger partial charge in [-0.3, -0.25) is 14.4 Å². The summed E-state index contributed by atoms with van der Waals surface area (Å²) < 4.78 is 0.639. The van der Waals surface area contributed by atoms with Crippen molar-refractivity contribution in [3.63, 3.8) is 0 Å². The highest BCUT2D eigenvalue weighted by Gasteiger charge is 2.38. The monoisotopic (exact) mass is 327 g/mol. The van der Waals surface area contributed by atoms with E-state index >= 15 is 0 Å². The highest BCUT2D eigenvalue weighted by molar-refractivity contribution is 5.65. The smallest absolute Gasteiger partial charge is 0.407 e. The van der Waals surface area contributed by atoms with Crippen molar-refractivity contribution >= 4 is 11.9 Å². The second-order valence-corrected chi connectivity index (χ2v) is 6.54. The number of hydrogen-bond acceptors (Lipinski definition) is 3. The van der Waals surface area contributed by atoms with Crippen molar-refractivity contribution in [3.05, 3.63) is 53.5 Å². The molecule has 126 valence electrons. The van der Waals surface area contributed by atoms with Crippen molar-refractivity contribution in [3.8, 4) is 0 Å². The lowest BCUT2D eigenvalue weighted by atomic mass is 10.1. The zero-order chi connectivity index (χ0) is 17.2. The van der Waals surface area contributed by atoms with E-state index in [-0.39, 0.29) is 0 Å². The van der Waals surface area contributed by atoms with Crippen LogP contribution in [0.4, 0.5) is 10.6 Å². The number of piperazine rings is 1. The van der Waals surface area contributed by atoms with Crippen molar-refractivity contribution in [2.24, 2.45) is 0 Å². The van der Waals surface area contributed by atoms with Crippen LogP contribution in [0.1, 0.15) is 16.8 Å². The molecule has 0 bridgehead atoms. The number of nitrogens with zero attached hydrogens (tertiary/aromatic N) is 4. The Morgan fingerprint density at radius 1 is 1.08 bits per heavy atom. The van der Waals surface area contributed by atoms with Crippen LogP contribution in [0.25, 0.3) is 0 Å². The number of hydrogen-bond donors (Lipinski definition) is 1. The fourth-order valence-corrected chi connectivity index (χ4v) is 3.15. The summed E-state index contributed by atoms with van der Waals surface area (Å²) in [6.07, 6.45) is 2.90. The minimum Gasteiger partial charge on any atom is -0.465 e. The third kappa shape index (κ3) is 3.38. The van der Waals surface area contributed by atoms with Gasteiger partial charge in [-0.2, -0.15) is 0 Å². The first-order chi connectivity index (χ1) is 11.5. The lowest BCUT2D eigenvalue weighted by molar-refractivity contribution is 0.102. The van der Waals surface area contributed by atoms with Crippen LogP contribution in [-0.4, -0.2) is 52.2 Å². The van der Waals surface area contributed by atoms with Gasteiger partial charge in [0.25, 0.3) is 0 Å². The molecule has 3 heterocycles. The molecular weight excluding hydrogens is 304 g/mol. The Kier molecular flexibility index (Phi) is 4.49. The van der Waals surface area contributed by atoms with Gasteiger partial charge in [-0.1, -0.05) is 12.1 Å². The van der Waals surface area contributed by atoms with Crippen molar-refractivity contribution < 1.29 is 9.90 Å². The molecule has 0 atom stereocenters. The van der Waals surface area contributed by atoms with E-state index < -0.39 is 6.09 Å². The molecule has 0 radical (unpaired) electrons. The quantitative estimate of drug-likeness (QED) is 0.880. The summed E-state index contributed by atoms with van der Waals surface area (Å²) in [5, 5.41) is 9.23. The van der Waals surface area contributed by atoms with Crippen LogP contribution in [0.15, 0.2) is 36.7 Å². The highest BCUT2D eigenvalue weighted by atomic mass is 16.4. The van der Waals surface area contributed by atoms with E-state index in [1.165, 1.54) is 4.90 Å². The average Bonchev–Trinajstić information content (AvgIpc) is 2.58. The second-order valence-electron chi connectivity index (χ2n) is 6.54. The molecule has 1 aliphatic heterocycles. The zero-order valence-corrected chi connectivity index (χ0v) is 14.1. The molecule has 1 aliphatic rings. The molecule has 0 spiro atoms. The molecule has 24 heavy (non-hydrogen) atoms. The fourth-order valence-electron chi connectivity index (χ4n) is 3.15. The molecule has 1 amide bonds. The Hall–Kier alpha value is -2.47. The van der Waals surface area contributed by atoms with Gasteiger partial charge in [-0.05, 0) is 31.0 Å². The van der Waals surface area contributed by atoms with Crippen LogP contribution >= 0.6 is 0 Å². The van der Waals surface area contributed by atoms with E-state index in [1.54, 1.807) is 0 Å². The number of aryl methyl sites for hydroxylation is 2. The summed E-state index contributed by atoms with van der Waals surface area (Å²) in [4.78, 5) is 21.9. The summed E-state index contributed by atoms with van der Waals surface area (Å²) in [6.45, 7) is 7.20. The third-order valence-corrected chi connectivity index (χ3v) is 4.69. The average molecular weight is 327 g/mol. The molecule has 1 saturated heterocycles. The van der Waals surface area contributed by atoms with Gasteiger partial charge < -0.3 is 5.11 Å². The first-order valence-electron chi connectivity index (χ1n) is 8.17. The van der Waals surface area contributed by atoms with Gasteiger partial charge in [-0.15, -0.1) is 0 Å². The number of carboxylic acid groups (broad SMARTS) is 1. The van der Waals surface area contributed by atoms with Gasteiger partial charge in [0.1, 0.15) is 19.6 Å². The summed E-state index contributed by atoms with van der Waals surface area (Å²) in [6, 6.07) is 8.23. The van der Waals surface area contributed by atoms with Crippen molar-refractivity contribution in [1.82, 2.24) is 19.4 Å². The first-order valence-corrected chi connectivity index (χ1v) is 8.17. The molecule has 2 aromatic heterocycles. The lowest BCUT2D eigenvalue weighted by Crippen LogP contribution is -2.61. The Morgan fingerprint density at radius 3 is 2.21 bits per heavy atom. The van der Waals surface area contributed by atoms with Crippen LogP contribution in [0, 0.1) is 13.8 Å². The summed E-state index contributed by atoms with van der Waals surface area (Å²) in [5.74, 6) is 0.980. The maximum absolute atomic E-state index is 11.2. The van der Waals surface area contributed by atoms with Gasteiger partial charge in [0.05, 0.1) is 18.8 Å². The minimum absolute atomic E-state index is 0.511. The number of pyridine rings is 2. The minimum atomic E-state index is -0.849. The van der Waals surface area contributed by atoms with E-state index in [4.69, 9.17) is 0 Å². The standard InChI is InChI=1S/C18H22N4O2/c1-14-3-5-16(19-11-14)13-22(17-6-4-15(2)12-20-17)9-7-21(8-10-22)18(23)24/h3-6,11-12H,7-10,13H2,1-2H3/p+1. The number of aromatic nitrogens is 2. The van der Waals surface area contributed by atoms with Gasteiger partial charge in [-0.25, -0.2) is 9.78 Å². The van der Waals surface area contributed by atoms with E-state index in [2.05, 4.69) is 28.2 Å². The Morgan fingerprint density at radius 2 is 1.71 bits per heavy atom. The second kappa shape index (κ2) is 6.57. The van der Waals surface area contributed by atoms with E-state index in [0.29, 0.717) is 30.7 Å². The predicted octanol–water partition coefficient (Wildman–Crippen LogP) is 2.59. The normalized spacial score (nSPS) is 16.8. The number of rotatable bonds is 3. The Balaban J connectivity index is 1.90. The lowest BCUT2D eigenvalue weighted by Gasteiger charge is -2.42. The van der Waals surface area contributed by atoms with Crippen molar-refractivity contribution in [2.45, 2.75) is 20.4 Å². The molecule has 0 aliphatic carbocycles. The maximum Gasteiger partial charge on any atom is 0.407 e.